The molecule has 0 spiro atoms. The van der Waals surface area contributed by atoms with E-state index in [1.165, 1.54) is 0 Å². The first kappa shape index (κ1) is 11.1. The zero-order valence-electron chi connectivity index (χ0n) is 8.26. The summed E-state index contributed by atoms with van der Waals surface area (Å²) in [5.74, 6) is 1.15. The van der Waals surface area contributed by atoms with Gasteiger partial charge in [0, 0.05) is 18.8 Å². The molecule has 0 radical (unpaired) electrons. The van der Waals surface area contributed by atoms with E-state index in [1.807, 2.05) is 6.08 Å². The van der Waals surface area contributed by atoms with Crippen LogP contribution in [0.15, 0.2) is 12.7 Å². The third-order valence-corrected chi connectivity index (χ3v) is 4.90. The third kappa shape index (κ3) is 3.30. The Labute approximate surface area is 72.9 Å². The molecule has 0 rings (SSSR count). The van der Waals surface area contributed by atoms with E-state index in [9.17, 15) is 0 Å². The molecule has 0 heterocycles. The van der Waals surface area contributed by atoms with E-state index < -0.39 is 10.2 Å². The molecule has 0 aliphatic heterocycles. The van der Waals surface area contributed by atoms with Crippen LogP contribution in [0.2, 0.25) is 0 Å². The monoisotopic (exact) mass is 175 g/mol. The van der Waals surface area contributed by atoms with E-state index in [0.29, 0.717) is 0 Å². The van der Waals surface area contributed by atoms with E-state index in [4.69, 9.17) is 0 Å². The third-order valence-electron chi connectivity index (χ3n) is 1.93. The lowest BCUT2D eigenvalue weighted by molar-refractivity contribution is 0.513. The summed E-state index contributed by atoms with van der Waals surface area (Å²) >= 11 is 0. The molecular formula is C9H21NS. The first-order valence-electron chi connectivity index (χ1n) is 4.15. The van der Waals surface area contributed by atoms with Gasteiger partial charge in [0.15, 0.2) is 0 Å². The fourth-order valence-corrected chi connectivity index (χ4v) is 3.50. The number of hydrogen-bond donors (Lipinski definition) is 0. The molecule has 0 fully saturated rings. The van der Waals surface area contributed by atoms with Crippen LogP contribution in [0.1, 0.15) is 13.8 Å². The van der Waals surface area contributed by atoms with Gasteiger partial charge in [-0.3, -0.25) is 4.31 Å². The van der Waals surface area contributed by atoms with E-state index in [1.54, 1.807) is 0 Å². The zero-order chi connectivity index (χ0) is 8.91. The smallest absolute Gasteiger partial charge is 0.00649 e. The van der Waals surface area contributed by atoms with Crippen molar-refractivity contribution in [2.75, 3.05) is 31.4 Å². The highest BCUT2D eigenvalue weighted by molar-refractivity contribution is 8.30. The van der Waals surface area contributed by atoms with Crippen LogP contribution in [0.5, 0.6) is 0 Å². The van der Waals surface area contributed by atoms with Crippen LogP contribution in [0, 0.1) is 0 Å². The van der Waals surface area contributed by atoms with E-state index in [2.05, 4.69) is 37.2 Å². The van der Waals surface area contributed by atoms with Crippen molar-refractivity contribution in [1.82, 2.24) is 4.31 Å². The average Bonchev–Trinajstić information content (AvgIpc) is 1.89. The Kier molecular flexibility index (Phi) is 4.86. The zero-order valence-corrected chi connectivity index (χ0v) is 9.08. The molecule has 0 unspecified atom stereocenters. The first-order chi connectivity index (χ1) is 5.08. The van der Waals surface area contributed by atoms with Gasteiger partial charge in [0.1, 0.15) is 0 Å². The fraction of sp³-hybridized carbons (Fsp3) is 0.778. The van der Waals surface area contributed by atoms with Crippen LogP contribution in [0.4, 0.5) is 0 Å². The predicted molar refractivity (Wildman–Crippen MR) is 57.4 cm³/mol. The maximum atomic E-state index is 3.79. The minimum Gasteiger partial charge on any atom is -0.268 e. The van der Waals surface area contributed by atoms with Crippen molar-refractivity contribution >= 4 is 10.2 Å². The van der Waals surface area contributed by atoms with Crippen LogP contribution in [0.25, 0.3) is 0 Å². The maximum Gasteiger partial charge on any atom is 0.00649 e. The second-order valence-corrected chi connectivity index (χ2v) is 6.86. The van der Waals surface area contributed by atoms with Gasteiger partial charge in [0.2, 0.25) is 0 Å². The first-order valence-corrected chi connectivity index (χ1v) is 6.73. The van der Waals surface area contributed by atoms with Crippen molar-refractivity contribution in [2.45, 2.75) is 13.8 Å². The predicted octanol–water partition coefficient (Wildman–Crippen LogP) is 2.49. The van der Waals surface area contributed by atoms with Gasteiger partial charge in [0.05, 0.1) is 0 Å². The van der Waals surface area contributed by atoms with Crippen LogP contribution in [-0.4, -0.2) is 35.7 Å². The van der Waals surface area contributed by atoms with E-state index >= 15 is 0 Å². The molecule has 0 aromatic rings. The minimum absolute atomic E-state index is 0.557. The van der Waals surface area contributed by atoms with Crippen molar-refractivity contribution in [1.29, 1.82) is 0 Å². The van der Waals surface area contributed by atoms with Crippen LogP contribution in [0.3, 0.4) is 0 Å². The molecular weight excluding hydrogens is 154 g/mol. The van der Waals surface area contributed by atoms with Gasteiger partial charge in [-0.15, -0.1) is 6.58 Å². The molecule has 11 heavy (non-hydrogen) atoms. The summed E-state index contributed by atoms with van der Waals surface area (Å²) in [6.45, 7) is 10.6. The summed E-state index contributed by atoms with van der Waals surface area (Å²) in [7, 11) is -0.557. The quantitative estimate of drug-likeness (QED) is 0.580. The van der Waals surface area contributed by atoms with Crippen molar-refractivity contribution in [3.63, 3.8) is 0 Å². The SMILES string of the molecule is C=CCS(C)(C)N(CC)CC. The lowest BCUT2D eigenvalue weighted by Gasteiger charge is -2.41. The summed E-state index contributed by atoms with van der Waals surface area (Å²) < 4.78 is 2.54. The maximum absolute atomic E-state index is 3.79. The van der Waals surface area contributed by atoms with Crippen LogP contribution >= 0.6 is 10.2 Å². The Morgan fingerprint density at radius 3 is 2.00 bits per heavy atom. The Morgan fingerprint density at radius 1 is 1.27 bits per heavy atom. The van der Waals surface area contributed by atoms with Crippen LogP contribution in [-0.2, 0) is 0 Å². The molecule has 0 amide bonds. The van der Waals surface area contributed by atoms with Gasteiger partial charge >= 0.3 is 0 Å². The molecule has 0 saturated carbocycles. The normalized spacial score (nSPS) is 13.5. The summed E-state index contributed by atoms with van der Waals surface area (Å²) in [5.41, 5.74) is 0. The average molecular weight is 175 g/mol. The number of rotatable bonds is 5. The number of nitrogens with zero attached hydrogens (tertiary/aromatic N) is 1. The number of hydrogen-bond acceptors (Lipinski definition) is 1. The lowest BCUT2D eigenvalue weighted by Crippen LogP contribution is -2.27. The molecule has 1 nitrogen and oxygen atoms in total. The summed E-state index contributed by atoms with van der Waals surface area (Å²) in [6.07, 6.45) is 6.73. The summed E-state index contributed by atoms with van der Waals surface area (Å²) in [6, 6.07) is 0. The molecule has 0 aliphatic carbocycles. The molecule has 0 atom stereocenters. The molecule has 0 aromatic heterocycles. The minimum atomic E-state index is -0.557. The molecule has 0 saturated heterocycles. The molecule has 0 N–H and O–H groups in total. The Hall–Kier alpha value is 0.0500. The molecule has 0 aromatic carbocycles. The lowest BCUT2D eigenvalue weighted by atomic mass is 10.7. The van der Waals surface area contributed by atoms with Gasteiger partial charge in [-0.25, -0.2) is 0 Å². The molecule has 68 valence electrons. The van der Waals surface area contributed by atoms with Gasteiger partial charge in [0.25, 0.3) is 0 Å². The second-order valence-electron chi connectivity index (χ2n) is 3.05. The largest absolute Gasteiger partial charge is 0.268 e. The molecule has 0 aliphatic rings. The molecule has 2 heteroatoms. The van der Waals surface area contributed by atoms with Gasteiger partial charge in [-0.2, -0.15) is 10.2 Å². The summed E-state index contributed by atoms with van der Waals surface area (Å²) in [5, 5.41) is 0. The van der Waals surface area contributed by atoms with E-state index in [-0.39, 0.29) is 0 Å². The van der Waals surface area contributed by atoms with Crippen molar-refractivity contribution in [2.24, 2.45) is 0 Å². The van der Waals surface area contributed by atoms with Gasteiger partial charge < -0.3 is 0 Å². The van der Waals surface area contributed by atoms with E-state index in [0.717, 1.165) is 18.8 Å². The molecule has 0 bridgehead atoms. The second kappa shape index (κ2) is 4.83. The Bertz CT molecular complexity index is 117. The standard InChI is InChI=1S/C9H21NS/c1-6-9-11(4,5)10(7-2)8-3/h6H,1,7-9H2,2-5H3. The highest BCUT2D eigenvalue weighted by atomic mass is 32.3. The Balaban J connectivity index is 4.10. The topological polar surface area (TPSA) is 3.24 Å². The highest BCUT2D eigenvalue weighted by Gasteiger charge is 2.15. The Morgan fingerprint density at radius 2 is 1.73 bits per heavy atom. The summed E-state index contributed by atoms with van der Waals surface area (Å²) in [4.78, 5) is 0. The van der Waals surface area contributed by atoms with Gasteiger partial charge in [-0.1, -0.05) is 19.9 Å². The van der Waals surface area contributed by atoms with Gasteiger partial charge in [-0.05, 0) is 12.5 Å². The van der Waals surface area contributed by atoms with Crippen molar-refractivity contribution in [3.05, 3.63) is 12.7 Å². The van der Waals surface area contributed by atoms with Crippen molar-refractivity contribution in [3.8, 4) is 0 Å². The van der Waals surface area contributed by atoms with Crippen LogP contribution < -0.4 is 0 Å². The fourth-order valence-electron chi connectivity index (χ4n) is 1.32. The highest BCUT2D eigenvalue weighted by Crippen LogP contribution is 2.43. The van der Waals surface area contributed by atoms with Crippen molar-refractivity contribution < 1.29 is 0 Å².